The van der Waals surface area contributed by atoms with Gasteiger partial charge in [-0.25, -0.2) is 14.3 Å². The summed E-state index contributed by atoms with van der Waals surface area (Å²) in [4.78, 5) is 37.9. The number of aliphatic hydroxyl groups is 2. The first-order valence-electron chi connectivity index (χ1n) is 14.9. The molecule has 17 nitrogen and oxygen atoms in total. The van der Waals surface area contributed by atoms with Gasteiger partial charge in [0.25, 0.3) is 0 Å². The van der Waals surface area contributed by atoms with Gasteiger partial charge in [-0.2, -0.15) is 9.97 Å². The third kappa shape index (κ3) is 6.26. The van der Waals surface area contributed by atoms with E-state index in [1.807, 2.05) is 20.8 Å². The third-order valence-electron chi connectivity index (χ3n) is 8.32. The van der Waals surface area contributed by atoms with Crippen molar-refractivity contribution in [2.75, 3.05) is 39.1 Å². The fourth-order valence-electron chi connectivity index (χ4n) is 6.05. The topological polar surface area (TPSA) is 225 Å². The van der Waals surface area contributed by atoms with Crippen LogP contribution in [0.5, 0.6) is 5.88 Å². The molecule has 5 heterocycles. The maximum absolute atomic E-state index is 15.0. The predicted octanol–water partition coefficient (Wildman–Crippen LogP) is 1.15. The number of carbonyl (C=O) groups excluding carboxylic acids is 1. The molecule has 0 radical (unpaired) electrons. The van der Waals surface area contributed by atoms with Gasteiger partial charge in [-0.1, -0.05) is 20.8 Å². The monoisotopic (exact) mass is 655 g/mol. The van der Waals surface area contributed by atoms with E-state index in [-0.39, 0.29) is 54.5 Å². The van der Waals surface area contributed by atoms with Crippen LogP contribution in [0.25, 0.3) is 11.2 Å². The SMILES string of the molecule is COc1nc(N)nc2c1ncn2[C@@H]1O[C@H](COP(=O)(N2CCCC2C(=O)O)N2CCC[C@@H]2C(=O)OCC(C)(C)C)[C@@H](O)[C@@]1(C)O. The van der Waals surface area contributed by atoms with Crippen LogP contribution in [-0.4, -0.2) is 119 Å². The van der Waals surface area contributed by atoms with Gasteiger partial charge in [0, 0.05) is 13.1 Å². The fraction of sp³-hybridized carbons (Fsp3) is 0.741. The standard InChI is InChI=1S/C27H42N7O10P/c1-26(2,3)13-42-23(38)16-9-7-11-34(16)45(40,33-10-6-8-15(33)22(36)37)43-12-17-19(35)27(4,39)24(44-17)32-14-29-18-20(32)30-25(28)31-21(18)41-5/h14-17,19,24,35,39H,6-13H2,1-5H3,(H,36,37)(H2,28,30,31)/t15?,16-,17-,19-,24-,27-,45?/m1/s1. The third-order valence-corrected chi connectivity index (χ3v) is 11.1. The molecule has 3 aliphatic heterocycles. The summed E-state index contributed by atoms with van der Waals surface area (Å²) < 4.78 is 42.1. The quantitative estimate of drug-likeness (QED) is 0.208. The Kier molecular flexibility index (Phi) is 9.18. The molecular formula is C27H42N7O10P. The molecule has 0 spiro atoms. The molecule has 5 N–H and O–H groups in total. The number of hydrogen-bond donors (Lipinski definition) is 4. The molecule has 2 aromatic rings. The van der Waals surface area contributed by atoms with Gasteiger partial charge in [0.2, 0.25) is 11.8 Å². The number of carboxylic acids is 1. The van der Waals surface area contributed by atoms with Crippen LogP contribution >= 0.6 is 7.67 Å². The summed E-state index contributed by atoms with van der Waals surface area (Å²) in [6, 6.07) is -2.03. The number of nitrogen functional groups attached to an aromatic ring is 1. The van der Waals surface area contributed by atoms with Crippen molar-refractivity contribution in [3.63, 3.8) is 0 Å². The van der Waals surface area contributed by atoms with E-state index in [1.165, 1.54) is 34.3 Å². The number of ether oxygens (including phenoxy) is 3. The molecule has 5 rings (SSSR count). The van der Waals surface area contributed by atoms with E-state index in [2.05, 4.69) is 15.0 Å². The molecule has 3 fully saturated rings. The second-order valence-electron chi connectivity index (χ2n) is 13.0. The minimum atomic E-state index is -4.22. The Morgan fingerprint density at radius 2 is 1.82 bits per heavy atom. The molecule has 18 heteroatoms. The Morgan fingerprint density at radius 3 is 2.44 bits per heavy atom. The van der Waals surface area contributed by atoms with Gasteiger partial charge in [0.15, 0.2) is 17.4 Å². The summed E-state index contributed by atoms with van der Waals surface area (Å²) >= 11 is 0. The van der Waals surface area contributed by atoms with Gasteiger partial charge < -0.3 is 39.8 Å². The highest BCUT2D eigenvalue weighted by Gasteiger charge is 2.57. The highest BCUT2D eigenvalue weighted by molar-refractivity contribution is 7.54. The van der Waals surface area contributed by atoms with Crippen LogP contribution in [0.3, 0.4) is 0 Å². The first kappa shape index (κ1) is 33.4. The largest absolute Gasteiger partial charge is 0.480 e. The summed E-state index contributed by atoms with van der Waals surface area (Å²) in [5.41, 5.74) is 4.06. The van der Waals surface area contributed by atoms with Crippen LogP contribution in [0, 0.1) is 5.41 Å². The van der Waals surface area contributed by atoms with Gasteiger partial charge in [-0.3, -0.25) is 18.7 Å². The first-order chi connectivity index (χ1) is 21.1. The number of aliphatic carboxylic acids is 1. The molecule has 3 aliphatic rings. The highest BCUT2D eigenvalue weighted by atomic mass is 31.2. The van der Waals surface area contributed by atoms with Crippen molar-refractivity contribution in [1.29, 1.82) is 0 Å². The molecule has 250 valence electrons. The summed E-state index contributed by atoms with van der Waals surface area (Å²) in [6.45, 7) is 7.13. The Balaban J connectivity index is 1.42. The Morgan fingerprint density at radius 1 is 1.18 bits per heavy atom. The number of nitrogens with two attached hydrogens (primary N) is 1. The average molecular weight is 656 g/mol. The van der Waals surface area contributed by atoms with Crippen molar-refractivity contribution < 1.29 is 48.2 Å². The summed E-state index contributed by atoms with van der Waals surface area (Å²) in [5.74, 6) is -1.73. The van der Waals surface area contributed by atoms with E-state index in [1.54, 1.807) is 0 Å². The molecule has 45 heavy (non-hydrogen) atoms. The van der Waals surface area contributed by atoms with Crippen molar-refractivity contribution in [3.05, 3.63) is 6.33 Å². The number of imidazole rings is 1. The van der Waals surface area contributed by atoms with Crippen LogP contribution in [-0.2, 0) is 28.2 Å². The van der Waals surface area contributed by atoms with Crippen LogP contribution in [0.2, 0.25) is 0 Å². The number of esters is 1. The van der Waals surface area contributed by atoms with E-state index in [9.17, 15) is 29.5 Å². The fourth-order valence-corrected chi connectivity index (χ4v) is 8.90. The maximum Gasteiger partial charge on any atom is 0.347 e. The van der Waals surface area contributed by atoms with E-state index in [0.29, 0.717) is 19.3 Å². The number of fused-ring (bicyclic) bond motifs is 1. The zero-order valence-corrected chi connectivity index (χ0v) is 26.9. The Bertz CT molecular complexity index is 1480. The molecule has 2 aromatic heterocycles. The van der Waals surface area contributed by atoms with E-state index in [0.717, 1.165) is 0 Å². The molecule has 0 saturated carbocycles. The molecular weight excluding hydrogens is 613 g/mol. The molecule has 0 bridgehead atoms. The molecule has 2 unspecified atom stereocenters. The van der Waals surface area contributed by atoms with Crippen LogP contribution in [0.15, 0.2) is 6.33 Å². The molecule has 7 atom stereocenters. The van der Waals surface area contributed by atoms with Gasteiger partial charge in [0.05, 0.1) is 26.7 Å². The Labute approximate surface area is 260 Å². The Hall–Kier alpha value is -2.92. The number of carboxylic acid groups (broad SMARTS) is 1. The number of carbonyl (C=O) groups is 2. The zero-order valence-electron chi connectivity index (χ0n) is 26.0. The number of hydrogen-bond acceptors (Lipinski definition) is 13. The minimum absolute atomic E-state index is 0.107. The number of rotatable bonds is 10. The molecule has 0 aromatic carbocycles. The average Bonchev–Trinajstić information content (AvgIpc) is 3.77. The second-order valence-corrected chi connectivity index (χ2v) is 15.3. The number of anilines is 1. The lowest BCUT2D eigenvalue weighted by atomic mass is 9.96. The van der Waals surface area contributed by atoms with Crippen LogP contribution < -0.4 is 10.5 Å². The number of aliphatic hydroxyl groups excluding tert-OH is 1. The van der Waals surface area contributed by atoms with Crippen LogP contribution in [0.1, 0.15) is 59.6 Å². The predicted molar refractivity (Wildman–Crippen MR) is 158 cm³/mol. The van der Waals surface area contributed by atoms with Crippen molar-refractivity contribution in [3.8, 4) is 5.88 Å². The lowest BCUT2D eigenvalue weighted by Gasteiger charge is -2.38. The minimum Gasteiger partial charge on any atom is -0.480 e. The van der Waals surface area contributed by atoms with Crippen molar-refractivity contribution in [1.82, 2.24) is 28.9 Å². The molecule has 3 saturated heterocycles. The number of nitrogens with zero attached hydrogens (tertiary/aromatic N) is 6. The van der Waals surface area contributed by atoms with Crippen molar-refractivity contribution in [2.24, 2.45) is 5.41 Å². The maximum atomic E-state index is 15.0. The summed E-state index contributed by atoms with van der Waals surface area (Å²) in [7, 11) is -2.83. The van der Waals surface area contributed by atoms with E-state index < -0.39 is 62.3 Å². The van der Waals surface area contributed by atoms with Crippen molar-refractivity contribution in [2.45, 2.75) is 89.5 Å². The summed E-state index contributed by atoms with van der Waals surface area (Å²) in [5, 5.41) is 32.6. The smallest absolute Gasteiger partial charge is 0.347 e. The molecule has 0 aliphatic carbocycles. The number of aromatic nitrogens is 4. The van der Waals surface area contributed by atoms with E-state index in [4.69, 9.17) is 24.5 Å². The van der Waals surface area contributed by atoms with Gasteiger partial charge in [-0.15, -0.1) is 0 Å². The highest BCUT2D eigenvalue weighted by Crippen LogP contribution is 2.60. The molecule has 0 amide bonds. The summed E-state index contributed by atoms with van der Waals surface area (Å²) in [6.07, 6.45) is -1.11. The van der Waals surface area contributed by atoms with E-state index >= 15 is 0 Å². The second kappa shape index (κ2) is 12.4. The first-order valence-corrected chi connectivity index (χ1v) is 16.4. The normalized spacial score (nSPS) is 31.0. The number of methoxy groups -OCH3 is 1. The lowest BCUT2D eigenvalue weighted by molar-refractivity contribution is -0.150. The van der Waals surface area contributed by atoms with Gasteiger partial charge in [0.1, 0.15) is 29.9 Å². The van der Waals surface area contributed by atoms with Crippen molar-refractivity contribution >= 4 is 36.7 Å². The van der Waals surface area contributed by atoms with Crippen LogP contribution in [0.4, 0.5) is 5.95 Å². The zero-order chi connectivity index (χ0) is 32.9. The lowest BCUT2D eigenvalue weighted by Crippen LogP contribution is -2.46. The van der Waals surface area contributed by atoms with Gasteiger partial charge >= 0.3 is 19.6 Å². The van der Waals surface area contributed by atoms with Gasteiger partial charge in [-0.05, 0) is 38.0 Å².